The molecular formula is C13H11N3O2S. The number of rotatable bonds is 1. The summed E-state index contributed by atoms with van der Waals surface area (Å²) in [4.78, 5) is 30.1. The van der Waals surface area contributed by atoms with E-state index in [1.807, 2.05) is 12.1 Å². The van der Waals surface area contributed by atoms with Gasteiger partial charge in [-0.05, 0) is 18.6 Å². The number of hydrogen-bond acceptors (Lipinski definition) is 4. The quantitative estimate of drug-likeness (QED) is 0.816. The van der Waals surface area contributed by atoms with Crippen molar-refractivity contribution >= 4 is 17.7 Å². The molecule has 5 nitrogen and oxygen atoms in total. The van der Waals surface area contributed by atoms with Crippen LogP contribution in [0.1, 0.15) is 16.1 Å². The van der Waals surface area contributed by atoms with Crippen LogP contribution in [-0.4, -0.2) is 21.6 Å². The first-order valence-electron chi connectivity index (χ1n) is 5.81. The third-order valence-corrected chi connectivity index (χ3v) is 4.06. The third-order valence-electron chi connectivity index (χ3n) is 3.04. The van der Waals surface area contributed by atoms with Gasteiger partial charge < -0.3 is 10.7 Å². The second-order valence-corrected chi connectivity index (χ2v) is 5.32. The average Bonchev–Trinajstić information content (AvgIpc) is 2.56. The summed E-state index contributed by atoms with van der Waals surface area (Å²) in [5.41, 5.74) is 7.50. The van der Waals surface area contributed by atoms with Crippen molar-refractivity contribution in [3.05, 3.63) is 46.0 Å². The largest absolute Gasteiger partial charge is 0.365 e. The Morgan fingerprint density at radius 1 is 1.42 bits per heavy atom. The minimum absolute atomic E-state index is 0.0175. The lowest BCUT2D eigenvalue weighted by Crippen LogP contribution is -2.24. The van der Waals surface area contributed by atoms with Crippen molar-refractivity contribution in [1.82, 2.24) is 9.97 Å². The fourth-order valence-electron chi connectivity index (χ4n) is 2.14. The minimum atomic E-state index is -0.719. The third kappa shape index (κ3) is 2.04. The fraction of sp³-hybridized carbons (Fsp3) is 0.154. The Labute approximate surface area is 113 Å². The zero-order valence-electron chi connectivity index (χ0n) is 9.97. The number of aromatic amines is 1. The Balaban J connectivity index is 2.31. The first-order chi connectivity index (χ1) is 9.16. The van der Waals surface area contributed by atoms with E-state index in [1.165, 1.54) is 0 Å². The number of H-pyrrole nitrogens is 1. The Kier molecular flexibility index (Phi) is 2.87. The van der Waals surface area contributed by atoms with E-state index in [2.05, 4.69) is 9.97 Å². The average molecular weight is 273 g/mol. The summed E-state index contributed by atoms with van der Waals surface area (Å²) >= 11 is 1.55. The molecule has 0 unspecified atom stereocenters. The molecule has 0 fully saturated rings. The van der Waals surface area contributed by atoms with Gasteiger partial charge in [-0.1, -0.05) is 6.07 Å². The smallest absolute Gasteiger partial charge is 0.261 e. The van der Waals surface area contributed by atoms with Crippen molar-refractivity contribution in [3.8, 4) is 11.1 Å². The zero-order chi connectivity index (χ0) is 13.4. The van der Waals surface area contributed by atoms with E-state index in [9.17, 15) is 9.59 Å². The number of nitrogens with zero attached hydrogens (tertiary/aromatic N) is 1. The van der Waals surface area contributed by atoms with E-state index in [4.69, 9.17) is 5.73 Å². The molecule has 2 aromatic rings. The number of carbonyl (C=O) groups excluding carboxylic acids is 1. The molecular weight excluding hydrogens is 262 g/mol. The SMILES string of the molecule is NC(=O)c1cc2c([nH]c1=O)SCCc1ncccc1-2. The van der Waals surface area contributed by atoms with Gasteiger partial charge in [0, 0.05) is 28.8 Å². The Hall–Kier alpha value is -2.08. The standard InChI is InChI=1S/C13H11N3O2S/c14-11(17)9-6-8-7-2-1-4-15-10(7)3-5-19-13(8)16-12(9)18/h1-2,4,6H,3,5H2,(H2,14,17)(H,16,18). The summed E-state index contributed by atoms with van der Waals surface area (Å²) in [6.07, 6.45) is 2.57. The van der Waals surface area contributed by atoms with Gasteiger partial charge in [0.05, 0.1) is 5.03 Å². The van der Waals surface area contributed by atoms with E-state index < -0.39 is 11.5 Å². The van der Waals surface area contributed by atoms with E-state index in [0.29, 0.717) is 0 Å². The minimum Gasteiger partial charge on any atom is -0.365 e. The summed E-state index contributed by atoms with van der Waals surface area (Å²) in [6, 6.07) is 5.35. The maximum Gasteiger partial charge on any atom is 0.261 e. The summed E-state index contributed by atoms with van der Waals surface area (Å²) in [6.45, 7) is 0. The van der Waals surface area contributed by atoms with Gasteiger partial charge in [-0.2, -0.15) is 0 Å². The predicted molar refractivity (Wildman–Crippen MR) is 73.2 cm³/mol. The van der Waals surface area contributed by atoms with Crippen LogP contribution in [0.15, 0.2) is 34.2 Å². The molecule has 0 aromatic carbocycles. The highest BCUT2D eigenvalue weighted by molar-refractivity contribution is 7.99. The number of fused-ring (bicyclic) bond motifs is 3. The maximum atomic E-state index is 11.8. The monoisotopic (exact) mass is 273 g/mol. The van der Waals surface area contributed by atoms with Crippen LogP contribution in [-0.2, 0) is 6.42 Å². The van der Waals surface area contributed by atoms with Crippen LogP contribution in [0.2, 0.25) is 0 Å². The molecule has 1 aliphatic rings. The van der Waals surface area contributed by atoms with Gasteiger partial charge in [-0.15, -0.1) is 11.8 Å². The lowest BCUT2D eigenvalue weighted by molar-refractivity contribution is 0.0999. The highest BCUT2D eigenvalue weighted by atomic mass is 32.2. The molecule has 2 aromatic heterocycles. The normalized spacial score (nSPS) is 13.3. The number of aromatic nitrogens is 2. The number of primary amides is 1. The van der Waals surface area contributed by atoms with Crippen molar-refractivity contribution in [1.29, 1.82) is 0 Å². The van der Waals surface area contributed by atoms with Crippen molar-refractivity contribution in [2.75, 3.05) is 5.75 Å². The van der Waals surface area contributed by atoms with Gasteiger partial charge in [0.2, 0.25) is 0 Å². The number of pyridine rings is 2. The molecule has 0 bridgehead atoms. The summed E-state index contributed by atoms with van der Waals surface area (Å²) < 4.78 is 0. The Morgan fingerprint density at radius 3 is 3.05 bits per heavy atom. The molecule has 96 valence electrons. The lowest BCUT2D eigenvalue weighted by Gasteiger charge is -2.08. The van der Waals surface area contributed by atoms with Crippen molar-refractivity contribution in [2.45, 2.75) is 11.4 Å². The van der Waals surface area contributed by atoms with Crippen LogP contribution in [0.5, 0.6) is 0 Å². The summed E-state index contributed by atoms with van der Waals surface area (Å²) in [5, 5.41) is 0.766. The van der Waals surface area contributed by atoms with Crippen LogP contribution < -0.4 is 11.3 Å². The van der Waals surface area contributed by atoms with Gasteiger partial charge >= 0.3 is 0 Å². The van der Waals surface area contributed by atoms with Crippen LogP contribution in [0.25, 0.3) is 11.1 Å². The fourth-order valence-corrected chi connectivity index (χ4v) is 3.13. The molecule has 3 N–H and O–H groups in total. The first kappa shape index (κ1) is 12.0. The molecule has 0 saturated carbocycles. The summed E-state index contributed by atoms with van der Waals surface area (Å²) in [5.74, 6) is 0.117. The first-order valence-corrected chi connectivity index (χ1v) is 6.79. The number of nitrogens with one attached hydrogen (secondary N) is 1. The number of aryl methyl sites for hydroxylation is 1. The molecule has 1 amide bonds. The van der Waals surface area contributed by atoms with E-state index in [1.54, 1.807) is 24.0 Å². The molecule has 1 aliphatic heterocycles. The van der Waals surface area contributed by atoms with Crippen molar-refractivity contribution in [2.24, 2.45) is 5.73 Å². The highest BCUT2D eigenvalue weighted by Crippen LogP contribution is 2.34. The van der Waals surface area contributed by atoms with Crippen LogP contribution in [0.4, 0.5) is 0 Å². The molecule has 3 heterocycles. The van der Waals surface area contributed by atoms with Gasteiger partial charge in [0.25, 0.3) is 11.5 Å². The van der Waals surface area contributed by atoms with Crippen molar-refractivity contribution < 1.29 is 4.79 Å². The molecule has 6 heteroatoms. The van der Waals surface area contributed by atoms with Crippen LogP contribution in [0.3, 0.4) is 0 Å². The van der Waals surface area contributed by atoms with Gasteiger partial charge in [0.15, 0.2) is 0 Å². The number of hydrogen-bond donors (Lipinski definition) is 2. The molecule has 0 saturated heterocycles. The van der Waals surface area contributed by atoms with Gasteiger partial charge in [-0.25, -0.2) is 0 Å². The van der Waals surface area contributed by atoms with Gasteiger partial charge in [-0.3, -0.25) is 14.6 Å². The lowest BCUT2D eigenvalue weighted by atomic mass is 10.0. The van der Waals surface area contributed by atoms with E-state index in [-0.39, 0.29) is 5.56 Å². The van der Waals surface area contributed by atoms with Gasteiger partial charge in [0.1, 0.15) is 5.56 Å². The van der Waals surface area contributed by atoms with Crippen LogP contribution >= 0.6 is 11.8 Å². The highest BCUT2D eigenvalue weighted by Gasteiger charge is 2.19. The number of thioether (sulfide) groups is 1. The molecule has 0 atom stereocenters. The molecule has 0 spiro atoms. The molecule has 0 aliphatic carbocycles. The second-order valence-electron chi connectivity index (χ2n) is 4.22. The molecule has 19 heavy (non-hydrogen) atoms. The van der Waals surface area contributed by atoms with E-state index >= 15 is 0 Å². The number of amides is 1. The Bertz CT molecular complexity index is 724. The molecule has 0 radical (unpaired) electrons. The predicted octanol–water partition coefficient (Wildman–Crippen LogP) is 1.18. The topological polar surface area (TPSA) is 88.8 Å². The Morgan fingerprint density at radius 2 is 2.26 bits per heavy atom. The molecule has 3 rings (SSSR count). The maximum absolute atomic E-state index is 11.8. The number of carbonyl (C=O) groups is 1. The number of nitrogens with two attached hydrogens (primary N) is 1. The second kappa shape index (κ2) is 4.55. The summed E-state index contributed by atoms with van der Waals surface area (Å²) in [7, 11) is 0. The zero-order valence-corrected chi connectivity index (χ0v) is 10.8. The van der Waals surface area contributed by atoms with Crippen molar-refractivity contribution in [3.63, 3.8) is 0 Å². The van der Waals surface area contributed by atoms with Crippen LogP contribution in [0, 0.1) is 0 Å². The van der Waals surface area contributed by atoms with E-state index in [0.717, 1.165) is 34.0 Å².